The number of carbonyl (C=O) groups is 1. The lowest BCUT2D eigenvalue weighted by Crippen LogP contribution is -2.32. The smallest absolute Gasteiger partial charge is 0.260 e. The van der Waals surface area contributed by atoms with E-state index in [-0.39, 0.29) is 5.91 Å². The summed E-state index contributed by atoms with van der Waals surface area (Å²) in [5.41, 5.74) is 4.25. The number of hydrogen-bond donors (Lipinski definition) is 0. The fraction of sp³-hybridized carbons (Fsp3) is 0.280. The second-order valence-corrected chi connectivity index (χ2v) is 9.21. The summed E-state index contributed by atoms with van der Waals surface area (Å²) in [5.74, 6) is 0.245. The third-order valence-electron chi connectivity index (χ3n) is 5.70. The van der Waals surface area contributed by atoms with E-state index in [0.717, 1.165) is 28.0 Å². The average Bonchev–Trinajstić information content (AvgIpc) is 3.18. The molecule has 2 aromatic carbocycles. The molecule has 0 fully saturated rings. The summed E-state index contributed by atoms with van der Waals surface area (Å²) in [6.07, 6.45) is 3.96. The SMILES string of the molecule is CCN(C(=O)c1ccc(C2=NOC(C)(c3cc(Cl)cc(Cl)c3)C2)cc1C)c1ncc(C)cn1. The first-order valence-electron chi connectivity index (χ1n) is 10.6. The molecule has 0 bridgehead atoms. The molecular weight excluding hydrogens is 459 g/mol. The van der Waals surface area contributed by atoms with Crippen LogP contribution < -0.4 is 4.90 Å². The zero-order valence-corrected chi connectivity index (χ0v) is 20.4. The third kappa shape index (κ3) is 4.72. The van der Waals surface area contributed by atoms with E-state index >= 15 is 0 Å². The lowest BCUT2D eigenvalue weighted by atomic mass is 9.88. The lowest BCUT2D eigenvalue weighted by Gasteiger charge is -2.22. The maximum Gasteiger partial charge on any atom is 0.260 e. The normalized spacial score (nSPS) is 17.5. The number of aryl methyl sites for hydroxylation is 2. The van der Waals surface area contributed by atoms with Crippen molar-refractivity contribution in [3.8, 4) is 0 Å². The molecule has 6 nitrogen and oxygen atoms in total. The van der Waals surface area contributed by atoms with Crippen LogP contribution in [0.15, 0.2) is 53.9 Å². The molecule has 1 atom stereocenters. The lowest BCUT2D eigenvalue weighted by molar-refractivity contribution is -0.00737. The summed E-state index contributed by atoms with van der Waals surface area (Å²) < 4.78 is 0. The van der Waals surface area contributed by atoms with Crippen molar-refractivity contribution < 1.29 is 9.63 Å². The number of hydrogen-bond acceptors (Lipinski definition) is 5. The van der Waals surface area contributed by atoms with Gasteiger partial charge in [0.15, 0.2) is 5.60 Å². The molecule has 3 aromatic rings. The molecule has 8 heteroatoms. The number of nitrogens with zero attached hydrogens (tertiary/aromatic N) is 4. The van der Waals surface area contributed by atoms with Crippen LogP contribution in [0, 0.1) is 13.8 Å². The molecular formula is C25H24Cl2N4O2. The molecule has 0 saturated heterocycles. The molecule has 0 saturated carbocycles. The first kappa shape index (κ1) is 23.2. The molecule has 4 rings (SSSR count). The molecule has 2 heterocycles. The minimum Gasteiger partial charge on any atom is -0.384 e. The Balaban J connectivity index is 1.56. The number of benzene rings is 2. The van der Waals surface area contributed by atoms with Crippen LogP contribution >= 0.6 is 23.2 Å². The fourth-order valence-corrected chi connectivity index (χ4v) is 4.36. The Hall–Kier alpha value is -2.96. The Morgan fingerprint density at radius 2 is 1.76 bits per heavy atom. The Bertz CT molecular complexity index is 1220. The Labute approximate surface area is 203 Å². The van der Waals surface area contributed by atoms with Crippen LogP contribution in [0.3, 0.4) is 0 Å². The molecule has 0 radical (unpaired) electrons. The van der Waals surface area contributed by atoms with E-state index < -0.39 is 5.60 Å². The van der Waals surface area contributed by atoms with Gasteiger partial charge in [-0.15, -0.1) is 0 Å². The van der Waals surface area contributed by atoms with Gasteiger partial charge in [0, 0.05) is 46.5 Å². The van der Waals surface area contributed by atoms with Gasteiger partial charge in [-0.05, 0) is 74.7 Å². The number of aromatic nitrogens is 2. The van der Waals surface area contributed by atoms with Gasteiger partial charge in [-0.2, -0.15) is 0 Å². The van der Waals surface area contributed by atoms with Gasteiger partial charge >= 0.3 is 0 Å². The quantitative estimate of drug-likeness (QED) is 0.439. The maximum absolute atomic E-state index is 13.2. The Morgan fingerprint density at radius 3 is 2.36 bits per heavy atom. The number of anilines is 1. The van der Waals surface area contributed by atoms with Crippen LogP contribution in [0.1, 0.15) is 52.9 Å². The van der Waals surface area contributed by atoms with Gasteiger partial charge in [-0.3, -0.25) is 9.69 Å². The minimum atomic E-state index is -0.673. The van der Waals surface area contributed by atoms with Crippen LogP contribution in [0.2, 0.25) is 10.0 Å². The largest absolute Gasteiger partial charge is 0.384 e. The number of carbonyl (C=O) groups excluding carboxylic acids is 1. The topological polar surface area (TPSA) is 67.7 Å². The number of amides is 1. The van der Waals surface area contributed by atoms with Gasteiger partial charge in [0.25, 0.3) is 5.91 Å². The van der Waals surface area contributed by atoms with Crippen molar-refractivity contribution >= 4 is 40.8 Å². The van der Waals surface area contributed by atoms with E-state index in [1.807, 2.05) is 58.0 Å². The number of halogens is 2. The van der Waals surface area contributed by atoms with Crippen molar-refractivity contribution in [2.75, 3.05) is 11.4 Å². The summed E-state index contributed by atoms with van der Waals surface area (Å²) in [6, 6.07) is 11.0. The van der Waals surface area contributed by atoms with E-state index in [1.165, 1.54) is 0 Å². The van der Waals surface area contributed by atoms with E-state index in [1.54, 1.807) is 23.4 Å². The molecule has 1 unspecified atom stereocenters. The summed E-state index contributed by atoms with van der Waals surface area (Å²) in [7, 11) is 0. The minimum absolute atomic E-state index is 0.145. The number of rotatable bonds is 5. The van der Waals surface area contributed by atoms with Gasteiger partial charge in [0.05, 0.1) is 5.71 Å². The summed E-state index contributed by atoms with van der Waals surface area (Å²) in [6.45, 7) is 8.14. The Morgan fingerprint density at radius 1 is 1.09 bits per heavy atom. The van der Waals surface area contributed by atoms with Crippen LogP contribution in [-0.4, -0.2) is 28.1 Å². The van der Waals surface area contributed by atoms with Crippen LogP contribution in [0.25, 0.3) is 0 Å². The van der Waals surface area contributed by atoms with Crippen molar-refractivity contribution in [2.24, 2.45) is 5.16 Å². The second kappa shape index (κ2) is 9.12. The van der Waals surface area contributed by atoms with E-state index in [0.29, 0.717) is 34.5 Å². The van der Waals surface area contributed by atoms with Gasteiger partial charge in [0.2, 0.25) is 5.95 Å². The molecule has 0 spiro atoms. The van der Waals surface area contributed by atoms with E-state index in [4.69, 9.17) is 28.0 Å². The van der Waals surface area contributed by atoms with Crippen molar-refractivity contribution in [3.05, 3.63) is 86.7 Å². The zero-order chi connectivity index (χ0) is 23.8. The van der Waals surface area contributed by atoms with Crippen molar-refractivity contribution in [1.29, 1.82) is 0 Å². The maximum atomic E-state index is 13.2. The summed E-state index contributed by atoms with van der Waals surface area (Å²) in [4.78, 5) is 29.2. The molecule has 1 aromatic heterocycles. The van der Waals surface area contributed by atoms with Crippen LogP contribution in [0.5, 0.6) is 0 Å². The monoisotopic (exact) mass is 482 g/mol. The predicted molar refractivity (Wildman–Crippen MR) is 131 cm³/mol. The molecule has 1 aliphatic rings. The standard InChI is InChI=1S/C25H24Cl2N4O2/c1-5-31(24-28-13-15(2)14-29-24)23(32)21-7-6-17(8-16(21)3)22-12-25(4,33-30-22)18-9-19(26)11-20(27)10-18/h6-11,13-14H,5,12H2,1-4H3. The summed E-state index contributed by atoms with van der Waals surface area (Å²) in [5, 5.41) is 5.43. The van der Waals surface area contributed by atoms with Crippen molar-refractivity contribution in [1.82, 2.24) is 9.97 Å². The molecule has 1 aliphatic heterocycles. The van der Waals surface area contributed by atoms with Gasteiger partial charge < -0.3 is 4.84 Å². The van der Waals surface area contributed by atoms with Crippen LogP contribution in [-0.2, 0) is 10.4 Å². The number of oxime groups is 1. The van der Waals surface area contributed by atoms with E-state index in [2.05, 4.69) is 15.1 Å². The van der Waals surface area contributed by atoms with Crippen molar-refractivity contribution in [2.45, 2.75) is 39.7 Å². The summed E-state index contributed by atoms with van der Waals surface area (Å²) >= 11 is 12.4. The molecule has 1 amide bonds. The zero-order valence-electron chi connectivity index (χ0n) is 18.9. The highest BCUT2D eigenvalue weighted by Gasteiger charge is 2.37. The fourth-order valence-electron chi connectivity index (χ4n) is 3.84. The third-order valence-corrected chi connectivity index (χ3v) is 6.13. The van der Waals surface area contributed by atoms with Gasteiger partial charge in [-0.25, -0.2) is 9.97 Å². The molecule has 170 valence electrons. The van der Waals surface area contributed by atoms with Gasteiger partial charge in [0.1, 0.15) is 0 Å². The second-order valence-electron chi connectivity index (χ2n) is 8.33. The predicted octanol–water partition coefficient (Wildman–Crippen LogP) is 6.11. The molecule has 0 N–H and O–H groups in total. The van der Waals surface area contributed by atoms with E-state index in [9.17, 15) is 4.79 Å². The highest BCUT2D eigenvalue weighted by molar-refractivity contribution is 6.34. The first-order valence-corrected chi connectivity index (χ1v) is 11.4. The molecule has 0 aliphatic carbocycles. The van der Waals surface area contributed by atoms with Crippen molar-refractivity contribution in [3.63, 3.8) is 0 Å². The molecule has 33 heavy (non-hydrogen) atoms. The first-order chi connectivity index (χ1) is 15.7. The average molecular weight is 483 g/mol. The Kier molecular flexibility index (Phi) is 6.41. The van der Waals surface area contributed by atoms with Gasteiger partial charge in [-0.1, -0.05) is 34.4 Å². The highest BCUT2D eigenvalue weighted by Crippen LogP contribution is 2.38. The highest BCUT2D eigenvalue weighted by atomic mass is 35.5. The van der Waals surface area contributed by atoms with Crippen LogP contribution in [0.4, 0.5) is 5.95 Å².